The van der Waals surface area contributed by atoms with Crippen molar-refractivity contribution in [1.82, 2.24) is 4.98 Å². The number of nitrogens with one attached hydrogen (secondary N) is 1. The largest absolute Gasteiger partial charge is 0.453 e. The molecular formula is C22H21N3O4. The maximum atomic E-state index is 12.2. The molecule has 0 aliphatic heterocycles. The first-order valence-electron chi connectivity index (χ1n) is 9.17. The van der Waals surface area contributed by atoms with E-state index in [1.807, 2.05) is 36.4 Å². The number of carbonyl (C=O) groups is 3. The number of aromatic nitrogens is 1. The van der Waals surface area contributed by atoms with E-state index in [1.165, 1.54) is 19.1 Å². The number of nitrogens with two attached hydrogens (primary N) is 1. The van der Waals surface area contributed by atoms with Crippen molar-refractivity contribution >= 4 is 34.4 Å². The first-order chi connectivity index (χ1) is 13.9. The lowest BCUT2D eigenvalue weighted by molar-refractivity contribution is -0.153. The van der Waals surface area contributed by atoms with Crippen molar-refractivity contribution in [1.29, 1.82) is 0 Å². The minimum atomic E-state index is -0.956. The van der Waals surface area contributed by atoms with Gasteiger partial charge in [0, 0.05) is 28.8 Å². The van der Waals surface area contributed by atoms with E-state index in [-0.39, 0.29) is 6.42 Å². The number of rotatable bonds is 7. The van der Waals surface area contributed by atoms with Crippen molar-refractivity contribution in [3.63, 3.8) is 0 Å². The number of anilines is 1. The highest BCUT2D eigenvalue weighted by molar-refractivity contribution is 5.96. The number of fused-ring (bicyclic) bond motifs is 1. The van der Waals surface area contributed by atoms with Gasteiger partial charge in [-0.2, -0.15) is 0 Å². The Kier molecular flexibility index (Phi) is 6.19. The third-order valence-electron chi connectivity index (χ3n) is 4.36. The molecule has 3 N–H and O–H groups in total. The lowest BCUT2D eigenvalue weighted by Gasteiger charge is -2.13. The standard InChI is InChI=1S/C22H21N3O4/c1-14(22(28)25-18-10-7-16(8-11-18)21(23)27)29-20(26)13-12-17-9-6-15-4-2-3-5-19(15)24-17/h2-11,14H,12-13H2,1H3,(H2,23,27)(H,25,28). The first kappa shape index (κ1) is 20.0. The predicted octanol–water partition coefficient (Wildman–Crippen LogP) is 2.84. The van der Waals surface area contributed by atoms with Gasteiger partial charge in [0.2, 0.25) is 5.91 Å². The fraction of sp³-hybridized carbons (Fsp3) is 0.182. The van der Waals surface area contributed by atoms with Gasteiger partial charge < -0.3 is 15.8 Å². The Balaban J connectivity index is 1.49. The molecule has 1 atom stereocenters. The number of benzene rings is 2. The molecule has 0 aliphatic carbocycles. The van der Waals surface area contributed by atoms with Gasteiger partial charge in [0.15, 0.2) is 6.10 Å². The third-order valence-corrected chi connectivity index (χ3v) is 4.36. The molecule has 3 rings (SSSR count). The van der Waals surface area contributed by atoms with E-state index in [0.717, 1.165) is 16.6 Å². The summed E-state index contributed by atoms with van der Waals surface area (Å²) in [5, 5.41) is 3.66. The zero-order valence-corrected chi connectivity index (χ0v) is 15.9. The summed E-state index contributed by atoms with van der Waals surface area (Å²) in [6.07, 6.45) is -0.411. The zero-order chi connectivity index (χ0) is 20.8. The molecule has 148 valence electrons. The summed E-state index contributed by atoms with van der Waals surface area (Å²) in [7, 11) is 0. The second-order valence-electron chi connectivity index (χ2n) is 6.56. The lowest BCUT2D eigenvalue weighted by Crippen LogP contribution is -2.30. The molecule has 29 heavy (non-hydrogen) atoms. The number of aryl methyl sites for hydroxylation is 1. The molecule has 0 fully saturated rings. The van der Waals surface area contributed by atoms with Crippen LogP contribution in [0.15, 0.2) is 60.7 Å². The van der Waals surface area contributed by atoms with Gasteiger partial charge in [0.25, 0.3) is 5.91 Å². The monoisotopic (exact) mass is 391 g/mol. The van der Waals surface area contributed by atoms with Crippen molar-refractivity contribution in [3.8, 4) is 0 Å². The molecule has 2 amide bonds. The molecule has 0 saturated heterocycles. The molecule has 2 aromatic carbocycles. The average molecular weight is 391 g/mol. The van der Waals surface area contributed by atoms with Crippen molar-refractivity contribution in [2.24, 2.45) is 5.73 Å². The molecule has 7 nitrogen and oxygen atoms in total. The molecular weight excluding hydrogens is 370 g/mol. The number of ether oxygens (including phenoxy) is 1. The molecule has 0 aliphatic rings. The van der Waals surface area contributed by atoms with E-state index < -0.39 is 23.9 Å². The van der Waals surface area contributed by atoms with Gasteiger partial charge in [-0.1, -0.05) is 24.3 Å². The van der Waals surface area contributed by atoms with E-state index in [1.54, 1.807) is 12.1 Å². The molecule has 0 bridgehead atoms. The van der Waals surface area contributed by atoms with E-state index >= 15 is 0 Å². The maximum absolute atomic E-state index is 12.2. The van der Waals surface area contributed by atoms with Crippen LogP contribution in [-0.4, -0.2) is 28.9 Å². The van der Waals surface area contributed by atoms with Gasteiger partial charge in [-0.05, 0) is 43.3 Å². The summed E-state index contributed by atoms with van der Waals surface area (Å²) in [5.41, 5.74) is 7.64. The Morgan fingerprint density at radius 3 is 2.48 bits per heavy atom. The van der Waals surface area contributed by atoms with Crippen molar-refractivity contribution in [2.45, 2.75) is 25.9 Å². The minimum absolute atomic E-state index is 0.121. The number of pyridine rings is 1. The number of carbonyl (C=O) groups excluding carboxylic acids is 3. The Labute approximate surface area is 167 Å². The molecule has 7 heteroatoms. The van der Waals surface area contributed by atoms with Crippen LogP contribution in [0, 0.1) is 0 Å². The summed E-state index contributed by atoms with van der Waals surface area (Å²) in [6.45, 7) is 1.50. The topological polar surface area (TPSA) is 111 Å². The molecule has 1 heterocycles. The zero-order valence-electron chi connectivity index (χ0n) is 15.9. The van der Waals surface area contributed by atoms with Crippen molar-refractivity contribution in [2.75, 3.05) is 5.32 Å². The number of nitrogens with zero attached hydrogens (tertiary/aromatic N) is 1. The van der Waals surface area contributed by atoms with Crippen LogP contribution in [0.1, 0.15) is 29.4 Å². The van der Waals surface area contributed by atoms with E-state index in [2.05, 4.69) is 10.3 Å². The van der Waals surface area contributed by atoms with Gasteiger partial charge in [-0.3, -0.25) is 19.4 Å². The van der Waals surface area contributed by atoms with Crippen LogP contribution in [0.3, 0.4) is 0 Å². The van der Waals surface area contributed by atoms with E-state index in [9.17, 15) is 14.4 Å². The number of esters is 1. The second kappa shape index (κ2) is 8.97. The Morgan fingerprint density at radius 2 is 1.76 bits per heavy atom. The van der Waals surface area contributed by atoms with Crippen LogP contribution in [-0.2, 0) is 20.7 Å². The molecule has 0 saturated carbocycles. The Bertz CT molecular complexity index is 1050. The number of hydrogen-bond acceptors (Lipinski definition) is 5. The quantitative estimate of drug-likeness (QED) is 0.602. The Morgan fingerprint density at radius 1 is 1.03 bits per heavy atom. The molecule has 1 aromatic heterocycles. The highest BCUT2D eigenvalue weighted by Crippen LogP contribution is 2.14. The first-order valence-corrected chi connectivity index (χ1v) is 9.17. The van der Waals surface area contributed by atoms with Gasteiger partial charge >= 0.3 is 5.97 Å². The van der Waals surface area contributed by atoms with Crippen LogP contribution >= 0.6 is 0 Å². The normalized spacial score (nSPS) is 11.6. The minimum Gasteiger partial charge on any atom is -0.453 e. The van der Waals surface area contributed by atoms with Gasteiger partial charge in [-0.25, -0.2) is 0 Å². The highest BCUT2D eigenvalue weighted by atomic mass is 16.5. The van der Waals surface area contributed by atoms with Gasteiger partial charge in [0.1, 0.15) is 0 Å². The fourth-order valence-corrected chi connectivity index (χ4v) is 2.75. The summed E-state index contributed by atoms with van der Waals surface area (Å²) >= 11 is 0. The summed E-state index contributed by atoms with van der Waals surface area (Å²) in [6, 6.07) is 17.7. The van der Waals surface area contributed by atoms with E-state index in [0.29, 0.717) is 17.7 Å². The summed E-state index contributed by atoms with van der Waals surface area (Å²) in [5.74, 6) is -1.49. The van der Waals surface area contributed by atoms with Crippen molar-refractivity contribution in [3.05, 3.63) is 71.9 Å². The SMILES string of the molecule is CC(OC(=O)CCc1ccc2ccccc2n1)C(=O)Nc1ccc(C(N)=O)cc1. The average Bonchev–Trinajstić information content (AvgIpc) is 2.72. The molecule has 3 aromatic rings. The van der Waals surface area contributed by atoms with Crippen LogP contribution in [0.2, 0.25) is 0 Å². The van der Waals surface area contributed by atoms with Crippen LogP contribution in [0.4, 0.5) is 5.69 Å². The summed E-state index contributed by atoms with van der Waals surface area (Å²) in [4.78, 5) is 39.9. The Hall–Kier alpha value is -3.74. The van der Waals surface area contributed by atoms with Gasteiger partial charge in [-0.15, -0.1) is 0 Å². The smallest absolute Gasteiger partial charge is 0.306 e. The summed E-state index contributed by atoms with van der Waals surface area (Å²) < 4.78 is 5.20. The highest BCUT2D eigenvalue weighted by Gasteiger charge is 2.18. The fourth-order valence-electron chi connectivity index (χ4n) is 2.75. The van der Waals surface area contributed by atoms with Crippen LogP contribution in [0.5, 0.6) is 0 Å². The molecule has 1 unspecified atom stereocenters. The molecule has 0 radical (unpaired) electrons. The third kappa shape index (κ3) is 5.38. The van der Waals surface area contributed by atoms with Crippen LogP contribution in [0.25, 0.3) is 10.9 Å². The maximum Gasteiger partial charge on any atom is 0.306 e. The van der Waals surface area contributed by atoms with Gasteiger partial charge in [0.05, 0.1) is 11.9 Å². The van der Waals surface area contributed by atoms with Crippen molar-refractivity contribution < 1.29 is 19.1 Å². The number of hydrogen-bond donors (Lipinski definition) is 2. The van der Waals surface area contributed by atoms with Crippen LogP contribution < -0.4 is 11.1 Å². The number of amides is 2. The number of para-hydroxylation sites is 1. The predicted molar refractivity (Wildman–Crippen MR) is 109 cm³/mol. The lowest BCUT2D eigenvalue weighted by atomic mass is 10.1. The van der Waals surface area contributed by atoms with E-state index in [4.69, 9.17) is 10.5 Å². The molecule has 0 spiro atoms. The number of primary amides is 1. The second-order valence-corrected chi connectivity index (χ2v) is 6.56.